The van der Waals surface area contributed by atoms with Crippen molar-refractivity contribution in [1.82, 2.24) is 4.98 Å². The van der Waals surface area contributed by atoms with Crippen molar-refractivity contribution in [2.24, 2.45) is 0 Å². The average molecular weight is 367 g/mol. The van der Waals surface area contributed by atoms with Crippen molar-refractivity contribution in [3.63, 3.8) is 0 Å². The van der Waals surface area contributed by atoms with Crippen LogP contribution in [0.3, 0.4) is 0 Å². The molecule has 2 heterocycles. The van der Waals surface area contributed by atoms with E-state index in [1.54, 1.807) is 11.3 Å². The predicted molar refractivity (Wildman–Crippen MR) is 93.2 cm³/mol. The Morgan fingerprint density at radius 3 is 2.85 bits per heavy atom. The highest BCUT2D eigenvalue weighted by Gasteiger charge is 2.09. The van der Waals surface area contributed by atoms with Crippen molar-refractivity contribution in [3.8, 4) is 0 Å². The summed E-state index contributed by atoms with van der Waals surface area (Å²) in [7, 11) is 0. The van der Waals surface area contributed by atoms with Gasteiger partial charge in [-0.05, 0) is 44.2 Å². The van der Waals surface area contributed by atoms with Gasteiger partial charge in [-0.15, -0.1) is 11.3 Å². The Morgan fingerprint density at radius 1 is 1.25 bits per heavy atom. The number of hydrogen-bond acceptors (Lipinski definition) is 4. The number of thiophene rings is 1. The molecule has 0 spiro atoms. The number of aromatic nitrogens is 1. The molecule has 20 heavy (non-hydrogen) atoms. The fourth-order valence-electron chi connectivity index (χ4n) is 2.12. The van der Waals surface area contributed by atoms with Gasteiger partial charge in [0.1, 0.15) is 0 Å². The molecule has 0 fully saturated rings. The number of thiazole rings is 1. The van der Waals surface area contributed by atoms with Crippen LogP contribution in [0.5, 0.6) is 0 Å². The van der Waals surface area contributed by atoms with Crippen molar-refractivity contribution in [3.05, 3.63) is 44.6 Å². The Balaban J connectivity index is 1.72. The van der Waals surface area contributed by atoms with Gasteiger partial charge in [0, 0.05) is 26.7 Å². The zero-order valence-electron chi connectivity index (χ0n) is 11.3. The molecule has 0 aliphatic rings. The standard InChI is InChI=1S/C15H15BrN2S2/c1-9(7-12-5-3-10(2)19-12)17-15-18-13-6-4-11(16)8-14(13)20-15/h3-6,8-9H,7H2,1-2H3,(H,17,18). The Labute approximate surface area is 135 Å². The van der Waals surface area contributed by atoms with Crippen molar-refractivity contribution in [2.75, 3.05) is 5.32 Å². The normalized spacial score (nSPS) is 12.8. The topological polar surface area (TPSA) is 24.9 Å². The molecule has 1 N–H and O–H groups in total. The number of aryl methyl sites for hydroxylation is 1. The van der Waals surface area contributed by atoms with Crippen LogP contribution in [0.2, 0.25) is 0 Å². The van der Waals surface area contributed by atoms with Gasteiger partial charge in [-0.25, -0.2) is 4.98 Å². The van der Waals surface area contributed by atoms with Gasteiger partial charge in [-0.2, -0.15) is 0 Å². The van der Waals surface area contributed by atoms with E-state index >= 15 is 0 Å². The number of nitrogens with zero attached hydrogens (tertiary/aromatic N) is 1. The number of anilines is 1. The Hall–Kier alpha value is -0.910. The lowest BCUT2D eigenvalue weighted by Gasteiger charge is -2.11. The molecule has 0 saturated carbocycles. The fourth-order valence-corrected chi connectivity index (χ4v) is 4.67. The van der Waals surface area contributed by atoms with E-state index in [-0.39, 0.29) is 0 Å². The highest BCUT2D eigenvalue weighted by atomic mass is 79.9. The second-order valence-corrected chi connectivity index (χ2v) is 8.21. The monoisotopic (exact) mass is 366 g/mol. The maximum atomic E-state index is 4.63. The van der Waals surface area contributed by atoms with Crippen LogP contribution in [0.15, 0.2) is 34.8 Å². The number of rotatable bonds is 4. The third-order valence-electron chi connectivity index (χ3n) is 3.02. The fraction of sp³-hybridized carbons (Fsp3) is 0.267. The molecule has 2 nitrogen and oxygen atoms in total. The van der Waals surface area contributed by atoms with E-state index in [0.29, 0.717) is 6.04 Å². The van der Waals surface area contributed by atoms with Gasteiger partial charge in [0.15, 0.2) is 5.13 Å². The molecule has 2 aromatic heterocycles. The van der Waals surface area contributed by atoms with Gasteiger partial charge in [0.25, 0.3) is 0 Å². The summed E-state index contributed by atoms with van der Waals surface area (Å²) in [6, 6.07) is 11.0. The Kier molecular flexibility index (Phi) is 4.10. The zero-order chi connectivity index (χ0) is 14.1. The summed E-state index contributed by atoms with van der Waals surface area (Å²) in [6.07, 6.45) is 1.04. The molecular formula is C15H15BrN2S2. The molecule has 0 saturated heterocycles. The molecule has 1 unspecified atom stereocenters. The molecule has 3 rings (SSSR count). The zero-order valence-corrected chi connectivity index (χ0v) is 14.5. The first-order valence-electron chi connectivity index (χ1n) is 6.48. The van der Waals surface area contributed by atoms with Gasteiger partial charge in [0.2, 0.25) is 0 Å². The highest BCUT2D eigenvalue weighted by Crippen LogP contribution is 2.29. The van der Waals surface area contributed by atoms with Crippen molar-refractivity contribution >= 4 is 54.0 Å². The summed E-state index contributed by atoms with van der Waals surface area (Å²) in [5.74, 6) is 0. The molecule has 1 atom stereocenters. The molecule has 0 aliphatic heterocycles. The first-order valence-corrected chi connectivity index (χ1v) is 8.91. The molecule has 0 aliphatic carbocycles. The van der Waals surface area contributed by atoms with Crippen LogP contribution in [0.4, 0.5) is 5.13 Å². The predicted octanol–water partition coefficient (Wildman–Crippen LogP) is 5.47. The first-order chi connectivity index (χ1) is 9.60. The van der Waals surface area contributed by atoms with Crippen LogP contribution in [-0.2, 0) is 6.42 Å². The second kappa shape index (κ2) is 5.84. The van der Waals surface area contributed by atoms with E-state index in [2.05, 4.69) is 58.3 Å². The minimum atomic E-state index is 0.386. The molecule has 5 heteroatoms. The van der Waals surface area contributed by atoms with Crippen LogP contribution in [0.25, 0.3) is 10.2 Å². The number of hydrogen-bond donors (Lipinski definition) is 1. The molecule has 0 amide bonds. The summed E-state index contributed by atoms with van der Waals surface area (Å²) < 4.78 is 2.31. The second-order valence-electron chi connectivity index (χ2n) is 4.89. The van der Waals surface area contributed by atoms with Gasteiger partial charge in [-0.1, -0.05) is 27.3 Å². The summed E-state index contributed by atoms with van der Waals surface area (Å²) in [6.45, 7) is 4.36. The van der Waals surface area contributed by atoms with Crippen molar-refractivity contribution < 1.29 is 0 Å². The Bertz CT molecular complexity index is 732. The van der Waals surface area contributed by atoms with Gasteiger partial charge in [0.05, 0.1) is 10.2 Å². The minimum Gasteiger partial charge on any atom is -0.359 e. The average Bonchev–Trinajstić information content (AvgIpc) is 2.94. The molecule has 0 bridgehead atoms. The number of halogens is 1. The van der Waals surface area contributed by atoms with Crippen LogP contribution >= 0.6 is 38.6 Å². The molecule has 104 valence electrons. The lowest BCUT2D eigenvalue weighted by Crippen LogP contribution is -2.17. The van der Waals surface area contributed by atoms with Crippen LogP contribution in [0, 0.1) is 6.92 Å². The molecule has 0 radical (unpaired) electrons. The van der Waals surface area contributed by atoms with E-state index < -0.39 is 0 Å². The van der Waals surface area contributed by atoms with Gasteiger partial charge >= 0.3 is 0 Å². The summed E-state index contributed by atoms with van der Waals surface area (Å²) in [5, 5.41) is 4.51. The number of nitrogens with one attached hydrogen (secondary N) is 1. The number of benzene rings is 1. The van der Waals surface area contributed by atoms with E-state index in [9.17, 15) is 0 Å². The van der Waals surface area contributed by atoms with Crippen LogP contribution in [-0.4, -0.2) is 11.0 Å². The Morgan fingerprint density at radius 2 is 2.10 bits per heavy atom. The molecule has 1 aromatic carbocycles. The van der Waals surface area contributed by atoms with Gasteiger partial charge in [-0.3, -0.25) is 0 Å². The maximum Gasteiger partial charge on any atom is 0.184 e. The van der Waals surface area contributed by atoms with E-state index in [1.165, 1.54) is 14.5 Å². The van der Waals surface area contributed by atoms with E-state index in [0.717, 1.165) is 21.5 Å². The van der Waals surface area contributed by atoms with E-state index in [1.807, 2.05) is 23.5 Å². The highest BCUT2D eigenvalue weighted by molar-refractivity contribution is 9.10. The lowest BCUT2D eigenvalue weighted by atomic mass is 10.2. The minimum absolute atomic E-state index is 0.386. The summed E-state index contributed by atoms with van der Waals surface area (Å²) in [5.41, 5.74) is 1.06. The third-order valence-corrected chi connectivity index (χ3v) is 5.49. The van der Waals surface area contributed by atoms with Gasteiger partial charge < -0.3 is 5.32 Å². The van der Waals surface area contributed by atoms with Crippen LogP contribution in [0.1, 0.15) is 16.7 Å². The SMILES string of the molecule is Cc1ccc(CC(C)Nc2nc3ccc(Br)cc3s2)s1. The third kappa shape index (κ3) is 3.22. The van der Waals surface area contributed by atoms with Crippen molar-refractivity contribution in [2.45, 2.75) is 26.3 Å². The largest absolute Gasteiger partial charge is 0.359 e. The van der Waals surface area contributed by atoms with E-state index in [4.69, 9.17) is 0 Å². The lowest BCUT2D eigenvalue weighted by molar-refractivity contribution is 0.799. The first kappa shape index (κ1) is 14.0. The quantitative estimate of drug-likeness (QED) is 0.661. The molecule has 3 aromatic rings. The maximum absolute atomic E-state index is 4.63. The smallest absolute Gasteiger partial charge is 0.184 e. The number of fused-ring (bicyclic) bond motifs is 1. The van der Waals surface area contributed by atoms with Crippen molar-refractivity contribution in [1.29, 1.82) is 0 Å². The summed E-state index contributed by atoms with van der Waals surface area (Å²) >= 11 is 7.08. The van der Waals surface area contributed by atoms with Crippen LogP contribution < -0.4 is 5.32 Å². The molecular weight excluding hydrogens is 352 g/mol. The summed E-state index contributed by atoms with van der Waals surface area (Å²) in [4.78, 5) is 7.43.